The van der Waals surface area contributed by atoms with Gasteiger partial charge in [0.1, 0.15) is 60.3 Å². The third kappa shape index (κ3) is 14.1. The number of nitrogen functional groups attached to an aromatic ring is 2. The van der Waals surface area contributed by atoms with Crippen LogP contribution in [-0.2, 0) is 58.6 Å². The Labute approximate surface area is 406 Å². The SMILES string of the molecule is Nc1ncnc2c1ncn2[C@@H]1O[C@H](COP(=O)([O-])OP(=O)([O-])OP(=O)([O-])OP(=O)([O-])OP(=O)([O-])OC[C@H]2O[C@@H](n3cnc4c(N)ncnc43)[C@H](O)[C@@H]2O)[C@@H](O)[C@H]1O.[Li+].[Li+].[Li+].[Li+].[Li+]. The molecule has 8 N–H and O–H groups in total. The van der Waals surface area contributed by atoms with Crippen LogP contribution in [0.4, 0.5) is 11.6 Å². The summed E-state index contributed by atoms with van der Waals surface area (Å²) in [5.41, 5.74) is 11.5. The van der Waals surface area contributed by atoms with Crippen molar-refractivity contribution in [2.75, 3.05) is 24.7 Å². The van der Waals surface area contributed by atoms with E-state index in [2.05, 4.69) is 56.2 Å². The van der Waals surface area contributed by atoms with E-state index in [1.54, 1.807) is 0 Å². The standard InChI is InChI=1S/C20H29N10O22P5.5Li/c21-15-9-17(25-3-23-15)29(5-27-9)19-13(33)11(31)7(47-19)1-45-53(35,36)49-55(39,40)51-57(43,44)52-56(41,42)50-54(37,38)46-2-8-12(32)14(34)20(48-8)30-6-28-10-16(22)24-4-26-18(10)30;;;;;/h3-8,11-14,19-20,31-34H,1-2H2,(H,35,36)(H,37,38)(H,39,40)(H,41,42)(H,43,44)(H2,21,23,25)(H2,22,24,26);;;;;/q;5*+1/p-5/t7-,8-,11-,12-,13-,14-,19-,20-;;;;;/m1...../s1. The maximum Gasteiger partial charge on any atom is 1.00 e. The molecule has 6 rings (SSSR count). The van der Waals surface area contributed by atoms with Crippen LogP contribution in [0.1, 0.15) is 12.5 Å². The van der Waals surface area contributed by atoms with E-state index in [0.29, 0.717) is 0 Å². The summed E-state index contributed by atoms with van der Waals surface area (Å²) in [4.78, 5) is 83.8. The zero-order chi connectivity index (χ0) is 41.9. The maximum absolute atomic E-state index is 12.2. The third-order valence-corrected chi connectivity index (χ3v) is 14.9. The number of aliphatic hydroxyl groups excluding tert-OH is 4. The molecule has 2 saturated heterocycles. The Kier molecular flexibility index (Phi) is 22.3. The Morgan fingerprint density at radius 2 is 0.839 bits per heavy atom. The molecular weight excluding hydrogens is 922 g/mol. The molecule has 2 aliphatic rings. The summed E-state index contributed by atoms with van der Waals surface area (Å²) >= 11 is 0. The molecule has 62 heavy (non-hydrogen) atoms. The molecule has 0 aliphatic carbocycles. The third-order valence-electron chi connectivity index (χ3n) is 7.59. The Morgan fingerprint density at radius 1 is 0.532 bits per heavy atom. The van der Waals surface area contributed by atoms with Crippen LogP contribution in [0, 0.1) is 0 Å². The molecule has 0 saturated carbocycles. The van der Waals surface area contributed by atoms with E-state index < -0.39 is 101 Å². The van der Waals surface area contributed by atoms with Crippen LogP contribution in [0.25, 0.3) is 22.3 Å². The van der Waals surface area contributed by atoms with E-state index >= 15 is 0 Å². The van der Waals surface area contributed by atoms with Crippen LogP contribution in [0.3, 0.4) is 0 Å². The zero-order valence-corrected chi connectivity index (χ0v) is 36.9. The average Bonchev–Trinajstić information content (AvgIpc) is 3.83. The summed E-state index contributed by atoms with van der Waals surface area (Å²) in [6.45, 7) is -2.58. The quantitative estimate of drug-likeness (QED) is 0.0448. The van der Waals surface area contributed by atoms with Crippen LogP contribution in [0.15, 0.2) is 25.3 Å². The molecule has 42 heteroatoms. The van der Waals surface area contributed by atoms with E-state index in [0.717, 1.165) is 34.4 Å². The molecule has 12 atom stereocenters. The summed E-state index contributed by atoms with van der Waals surface area (Å²) in [5.74, 6) is -0.127. The number of imidazole rings is 2. The van der Waals surface area contributed by atoms with Crippen LogP contribution in [0.5, 0.6) is 0 Å². The predicted molar refractivity (Wildman–Crippen MR) is 166 cm³/mol. The van der Waals surface area contributed by atoms with Crippen molar-refractivity contribution in [1.29, 1.82) is 0 Å². The fourth-order valence-corrected chi connectivity index (χ4v) is 11.3. The smallest absolute Gasteiger partial charge is 0.756 e. The van der Waals surface area contributed by atoms with Gasteiger partial charge in [-0.05, 0) is 0 Å². The van der Waals surface area contributed by atoms with Crippen molar-refractivity contribution in [1.82, 2.24) is 39.0 Å². The molecule has 316 valence electrons. The van der Waals surface area contributed by atoms with Crippen molar-refractivity contribution >= 4 is 73.1 Å². The van der Waals surface area contributed by atoms with Crippen LogP contribution in [0.2, 0.25) is 0 Å². The monoisotopic (exact) mass is 946 g/mol. The molecule has 4 aromatic heterocycles. The first-order valence-electron chi connectivity index (χ1n) is 15.0. The second kappa shape index (κ2) is 23.0. The first kappa shape index (κ1) is 60.2. The van der Waals surface area contributed by atoms with Gasteiger partial charge >= 0.3 is 94.3 Å². The number of aliphatic hydroxyl groups is 4. The second-order valence-corrected chi connectivity index (χ2v) is 19.0. The molecule has 32 nitrogen and oxygen atoms in total. The van der Waals surface area contributed by atoms with Crippen LogP contribution >= 0.6 is 39.1 Å². The molecule has 0 amide bonds. The molecule has 0 radical (unpaired) electrons. The molecule has 0 aromatic carbocycles. The van der Waals surface area contributed by atoms with Gasteiger partial charge in [0.25, 0.3) is 39.1 Å². The van der Waals surface area contributed by atoms with Gasteiger partial charge in [-0.1, -0.05) is 0 Å². The Hall–Kier alpha value is 0.157. The molecule has 0 spiro atoms. The Morgan fingerprint density at radius 3 is 1.16 bits per heavy atom. The van der Waals surface area contributed by atoms with Crippen molar-refractivity contribution in [3.63, 3.8) is 0 Å². The van der Waals surface area contributed by atoms with E-state index in [4.69, 9.17) is 20.9 Å². The first-order chi connectivity index (χ1) is 26.4. The van der Waals surface area contributed by atoms with Crippen molar-refractivity contribution in [2.45, 2.75) is 49.1 Å². The van der Waals surface area contributed by atoms with Crippen LogP contribution in [-0.4, -0.2) is 109 Å². The Balaban J connectivity index is 0.00000384. The number of ether oxygens (including phenoxy) is 2. The zero-order valence-electron chi connectivity index (χ0n) is 32.4. The molecule has 2 aliphatic heterocycles. The first-order valence-corrected chi connectivity index (χ1v) is 22.3. The molecular formula is C20H24Li5N10O22P5. The van der Waals surface area contributed by atoms with Crippen molar-refractivity contribution < 1.29 is 198 Å². The van der Waals surface area contributed by atoms with Gasteiger partial charge in [0, 0.05) is 0 Å². The number of hydrogen-bond acceptors (Lipinski definition) is 30. The topological polar surface area (TPSA) is 495 Å². The number of hydrogen-bond donors (Lipinski definition) is 6. The van der Waals surface area contributed by atoms with Crippen molar-refractivity contribution in [3.8, 4) is 0 Å². The maximum atomic E-state index is 12.2. The molecule has 2 fully saturated rings. The molecule has 6 heterocycles. The summed E-state index contributed by atoms with van der Waals surface area (Å²) in [6.07, 6.45) is -9.67. The summed E-state index contributed by atoms with van der Waals surface area (Å²) in [7, 11) is -32.8. The van der Waals surface area contributed by atoms with Gasteiger partial charge in [0.15, 0.2) is 35.4 Å². The van der Waals surface area contributed by atoms with Crippen LogP contribution < -0.4 is 130 Å². The number of nitrogens with two attached hydrogens (primary N) is 2. The van der Waals surface area contributed by atoms with E-state index in [1.165, 1.54) is 0 Å². The van der Waals surface area contributed by atoms with E-state index in [1.807, 2.05) is 0 Å². The predicted octanol–water partition coefficient (Wildman–Crippen LogP) is -20.5. The fraction of sp³-hybridized carbons (Fsp3) is 0.500. The average molecular weight is 946 g/mol. The van der Waals surface area contributed by atoms with E-state index in [9.17, 15) is 67.7 Å². The van der Waals surface area contributed by atoms with Gasteiger partial charge in [-0.15, -0.1) is 0 Å². The number of nitrogens with zero attached hydrogens (tertiary/aromatic N) is 8. The fourth-order valence-electron chi connectivity index (χ4n) is 5.22. The van der Waals surface area contributed by atoms with Gasteiger partial charge in [0.05, 0.1) is 25.9 Å². The minimum absolute atomic E-state index is 0. The Bertz CT molecular complexity index is 2250. The summed E-state index contributed by atoms with van der Waals surface area (Å²) in [5, 5.41) is 41.6. The number of fused-ring (bicyclic) bond motifs is 2. The van der Waals surface area contributed by atoms with Gasteiger partial charge in [-0.2, -0.15) is 0 Å². The number of anilines is 2. The van der Waals surface area contributed by atoms with Gasteiger partial charge in [-0.3, -0.25) is 32.0 Å². The minimum atomic E-state index is -6.88. The van der Waals surface area contributed by atoms with Crippen molar-refractivity contribution in [3.05, 3.63) is 25.3 Å². The number of aromatic nitrogens is 8. The van der Waals surface area contributed by atoms with Gasteiger partial charge in [-0.25, -0.2) is 47.1 Å². The summed E-state index contributed by atoms with van der Waals surface area (Å²) < 4.78 is 96.0. The minimum Gasteiger partial charge on any atom is -0.756 e. The molecule has 0 bridgehead atoms. The van der Waals surface area contributed by atoms with Crippen molar-refractivity contribution in [2.24, 2.45) is 0 Å². The number of phosphoric acid groups is 5. The van der Waals surface area contributed by atoms with Gasteiger partial charge in [0.2, 0.25) is 0 Å². The van der Waals surface area contributed by atoms with E-state index in [-0.39, 0.29) is 128 Å². The number of phosphoric ester groups is 2. The molecule has 4 aromatic rings. The number of rotatable bonds is 16. The second-order valence-electron chi connectivity index (χ2n) is 11.4. The largest absolute Gasteiger partial charge is 1.00 e. The molecule has 4 unspecified atom stereocenters. The normalized spacial score (nSPS) is 28.3. The van der Waals surface area contributed by atoms with Gasteiger partial charge < -0.3 is 74.9 Å². The summed E-state index contributed by atoms with van der Waals surface area (Å²) in [6, 6.07) is 0.